The summed E-state index contributed by atoms with van der Waals surface area (Å²) in [5.74, 6) is 0. The van der Waals surface area contributed by atoms with Crippen molar-refractivity contribution in [1.29, 1.82) is 0 Å². The highest BCUT2D eigenvalue weighted by molar-refractivity contribution is 7.46. The molecular weight excluding hydrogens is 408 g/mol. The monoisotopic (exact) mass is 422 g/mol. The van der Waals surface area contributed by atoms with E-state index in [2.05, 4.69) is 13.6 Å². The molecule has 0 spiro atoms. The van der Waals surface area contributed by atoms with Crippen LogP contribution in [0.2, 0.25) is 0 Å². The minimum Gasteiger partial charge on any atom is -0.387 e. The lowest BCUT2D eigenvalue weighted by atomic mass is 9.86. The van der Waals surface area contributed by atoms with Gasteiger partial charge in [-0.2, -0.15) is 0 Å². The average molecular weight is 422 g/mol. The number of halogens is 1. The van der Waals surface area contributed by atoms with Gasteiger partial charge in [0.15, 0.2) is 6.17 Å². The van der Waals surface area contributed by atoms with Gasteiger partial charge in [0.2, 0.25) is 0 Å². The molecule has 8 N–H and O–H groups in total. The molecule has 0 heterocycles. The van der Waals surface area contributed by atoms with Crippen LogP contribution in [0, 0.1) is 0 Å². The van der Waals surface area contributed by atoms with Crippen LogP contribution in [-0.2, 0) is 27.3 Å². The topological polar surface area (TPSA) is 241 Å². The van der Waals surface area contributed by atoms with Crippen LogP contribution >= 0.6 is 23.5 Å². The van der Waals surface area contributed by atoms with Crippen molar-refractivity contribution < 1.29 is 71.2 Å². The van der Waals surface area contributed by atoms with Crippen molar-refractivity contribution >= 4 is 23.5 Å². The summed E-state index contributed by atoms with van der Waals surface area (Å²) in [6, 6.07) is 0. The molecule has 0 aromatic rings. The summed E-state index contributed by atoms with van der Waals surface area (Å²) >= 11 is 0. The third kappa shape index (κ3) is 6.48. The van der Waals surface area contributed by atoms with Gasteiger partial charge in [0.05, 0.1) is 0 Å². The number of alkyl halides is 1. The maximum atomic E-state index is 14.0. The van der Waals surface area contributed by atoms with Crippen molar-refractivity contribution in [2.75, 3.05) is 0 Å². The molecule has 0 aromatic heterocycles. The maximum Gasteiger partial charge on any atom is 0.470 e. The Balaban J connectivity index is 3.23. The fourth-order valence-electron chi connectivity index (χ4n) is 1.98. The minimum atomic E-state index is -5.47. The second kappa shape index (κ2) is 7.43. The number of aliphatic hydroxyl groups excluding tert-OH is 2. The molecule has 6 unspecified atom stereocenters. The Bertz CT molecular complexity index is 579. The van der Waals surface area contributed by atoms with Crippen LogP contribution in [0.5, 0.6) is 0 Å². The van der Waals surface area contributed by atoms with Crippen molar-refractivity contribution in [2.45, 2.75) is 36.7 Å². The zero-order valence-electron chi connectivity index (χ0n) is 11.2. The first kappa shape index (κ1) is 22.2. The van der Waals surface area contributed by atoms with Gasteiger partial charge < -0.3 is 39.6 Å². The predicted molar refractivity (Wildman–Crippen MR) is 67.7 cm³/mol. The van der Waals surface area contributed by atoms with Crippen molar-refractivity contribution in [3.05, 3.63) is 0 Å². The van der Waals surface area contributed by atoms with Crippen molar-refractivity contribution in [3.8, 4) is 0 Å². The van der Waals surface area contributed by atoms with E-state index in [0.29, 0.717) is 0 Å². The van der Waals surface area contributed by atoms with Crippen molar-refractivity contribution in [1.82, 2.24) is 0 Å². The average Bonchev–Trinajstić information content (AvgIpc) is 2.32. The van der Waals surface area contributed by atoms with Crippen LogP contribution in [0.15, 0.2) is 0 Å². The second-order valence-corrected chi connectivity index (χ2v) is 8.18. The molecule has 6 atom stereocenters. The normalized spacial score (nSPS) is 35.9. The SMILES string of the molecule is O=P(O)(O)OC1C(O)C(OP(=O)(O)O)C(OP(=O)(O)O)C(O)C1F. The van der Waals surface area contributed by atoms with Gasteiger partial charge in [-0.05, 0) is 0 Å². The molecule has 1 fully saturated rings. The van der Waals surface area contributed by atoms with Crippen LogP contribution in [0.25, 0.3) is 0 Å². The summed E-state index contributed by atoms with van der Waals surface area (Å²) in [6.45, 7) is 0. The number of aliphatic hydroxyl groups is 2. The van der Waals surface area contributed by atoms with Gasteiger partial charge in [-0.3, -0.25) is 13.6 Å². The smallest absolute Gasteiger partial charge is 0.387 e. The first-order valence-corrected chi connectivity index (χ1v) is 10.3. The summed E-state index contributed by atoms with van der Waals surface area (Å²) in [4.78, 5) is 52.1. The van der Waals surface area contributed by atoms with Gasteiger partial charge in [-0.1, -0.05) is 0 Å². The lowest BCUT2D eigenvalue weighted by Crippen LogP contribution is -2.63. The Labute approximate surface area is 132 Å². The van der Waals surface area contributed by atoms with Gasteiger partial charge >= 0.3 is 23.5 Å². The highest BCUT2D eigenvalue weighted by Crippen LogP contribution is 2.49. The zero-order valence-corrected chi connectivity index (χ0v) is 13.9. The Morgan fingerprint density at radius 1 is 0.625 bits per heavy atom. The summed E-state index contributed by atoms with van der Waals surface area (Å²) in [6.07, 6.45) is -15.6. The number of rotatable bonds is 6. The number of hydrogen-bond acceptors (Lipinski definition) is 8. The highest BCUT2D eigenvalue weighted by atomic mass is 31.2. The van der Waals surface area contributed by atoms with Gasteiger partial charge in [-0.25, -0.2) is 18.1 Å². The summed E-state index contributed by atoms with van der Waals surface area (Å²) in [7, 11) is -16.4. The molecule has 18 heteroatoms. The summed E-state index contributed by atoms with van der Waals surface area (Å²) in [5.41, 5.74) is 0. The van der Waals surface area contributed by atoms with Crippen LogP contribution < -0.4 is 0 Å². The van der Waals surface area contributed by atoms with E-state index in [-0.39, 0.29) is 0 Å². The van der Waals surface area contributed by atoms with E-state index in [9.17, 15) is 28.3 Å². The molecule has 0 bridgehead atoms. The lowest BCUT2D eigenvalue weighted by molar-refractivity contribution is -0.195. The lowest BCUT2D eigenvalue weighted by Gasteiger charge is -2.43. The third-order valence-electron chi connectivity index (χ3n) is 2.75. The molecule has 0 radical (unpaired) electrons. The Morgan fingerprint density at radius 3 is 1.25 bits per heavy atom. The van der Waals surface area contributed by atoms with Crippen LogP contribution in [0.3, 0.4) is 0 Å². The Morgan fingerprint density at radius 2 is 0.917 bits per heavy atom. The standard InChI is InChI=1S/C6H14FO14P3/c7-1-2(8)5(20-23(13,14)15)6(21-24(16,17)18)3(9)4(1)19-22(10,11)12/h1-6,8-9H,(H2,10,11,12)(H2,13,14,15)(H2,16,17,18). The Hall–Kier alpha value is 0.180. The Kier molecular flexibility index (Phi) is 6.88. The predicted octanol–water partition coefficient (Wildman–Crippen LogP) is -2.51. The van der Waals surface area contributed by atoms with Crippen LogP contribution in [0.4, 0.5) is 4.39 Å². The summed E-state index contributed by atoms with van der Waals surface area (Å²) in [5, 5.41) is 19.4. The molecule has 0 amide bonds. The van der Waals surface area contributed by atoms with E-state index < -0.39 is 60.2 Å². The van der Waals surface area contributed by atoms with Gasteiger partial charge in [0, 0.05) is 0 Å². The molecule has 1 aliphatic rings. The largest absolute Gasteiger partial charge is 0.470 e. The van der Waals surface area contributed by atoms with Crippen LogP contribution in [0.1, 0.15) is 0 Å². The van der Waals surface area contributed by atoms with E-state index in [1.165, 1.54) is 0 Å². The summed E-state index contributed by atoms with van der Waals surface area (Å²) < 4.78 is 58.3. The van der Waals surface area contributed by atoms with Gasteiger partial charge in [0.25, 0.3) is 0 Å². The fourth-order valence-corrected chi connectivity index (χ4v) is 3.66. The molecule has 0 aromatic carbocycles. The first-order valence-electron chi connectivity index (χ1n) is 5.74. The fraction of sp³-hybridized carbons (Fsp3) is 1.00. The molecule has 14 nitrogen and oxygen atoms in total. The minimum absolute atomic E-state index is 2.50. The van der Waals surface area contributed by atoms with E-state index in [1.54, 1.807) is 0 Å². The van der Waals surface area contributed by atoms with E-state index in [0.717, 1.165) is 0 Å². The van der Waals surface area contributed by atoms with Crippen LogP contribution in [-0.4, -0.2) is 76.3 Å². The first-order chi connectivity index (χ1) is 10.5. The number of phosphoric acid groups is 3. The molecule has 1 saturated carbocycles. The molecular formula is C6H14FO14P3. The highest BCUT2D eigenvalue weighted by Gasteiger charge is 2.57. The number of hydrogen-bond donors (Lipinski definition) is 8. The zero-order chi connectivity index (χ0) is 19.1. The molecule has 144 valence electrons. The van der Waals surface area contributed by atoms with Crippen molar-refractivity contribution in [2.24, 2.45) is 0 Å². The maximum absolute atomic E-state index is 14.0. The molecule has 1 aliphatic carbocycles. The van der Waals surface area contributed by atoms with Gasteiger partial charge in [-0.15, -0.1) is 0 Å². The quantitative estimate of drug-likeness (QED) is 0.206. The van der Waals surface area contributed by atoms with Gasteiger partial charge in [0.1, 0.15) is 30.5 Å². The van der Waals surface area contributed by atoms with E-state index >= 15 is 0 Å². The number of phosphoric ester groups is 3. The second-order valence-electron chi connectivity index (χ2n) is 4.61. The third-order valence-corrected chi connectivity index (χ3v) is 4.30. The van der Waals surface area contributed by atoms with E-state index in [1.807, 2.05) is 0 Å². The van der Waals surface area contributed by atoms with E-state index in [4.69, 9.17) is 29.4 Å². The molecule has 0 aliphatic heterocycles. The molecule has 1 rings (SSSR count). The molecule has 0 saturated heterocycles. The molecule has 24 heavy (non-hydrogen) atoms. The van der Waals surface area contributed by atoms with Crippen molar-refractivity contribution in [3.63, 3.8) is 0 Å².